The van der Waals surface area contributed by atoms with E-state index in [0.717, 1.165) is 0 Å². The van der Waals surface area contributed by atoms with Crippen LogP contribution in [0.15, 0.2) is 18.2 Å². The van der Waals surface area contributed by atoms with Crippen LogP contribution in [-0.4, -0.2) is 26.4 Å². The summed E-state index contributed by atoms with van der Waals surface area (Å²) in [7, 11) is -2.12. The van der Waals surface area contributed by atoms with Crippen molar-refractivity contribution >= 4 is 49.1 Å². The fourth-order valence-corrected chi connectivity index (χ4v) is 2.45. The first kappa shape index (κ1) is 15.6. The van der Waals surface area contributed by atoms with Crippen LogP contribution in [0.2, 0.25) is 23.1 Å². The number of ether oxygens (including phenoxy) is 1. The molecule has 1 rings (SSSR count). The van der Waals surface area contributed by atoms with E-state index in [1.165, 1.54) is 0 Å². The van der Waals surface area contributed by atoms with Crippen molar-refractivity contribution in [3.63, 3.8) is 0 Å². The Labute approximate surface area is 122 Å². The summed E-state index contributed by atoms with van der Waals surface area (Å²) in [4.78, 5) is 11.5. The maximum atomic E-state index is 11.5. The van der Waals surface area contributed by atoms with E-state index >= 15 is 0 Å². The summed E-state index contributed by atoms with van der Waals surface area (Å²) in [6.45, 7) is 3.51. The molecular weight excluding hydrogens is 315 g/mol. The molecule has 0 radical (unpaired) electrons. The largest absolute Gasteiger partial charge is 0.516 e. The van der Waals surface area contributed by atoms with Crippen molar-refractivity contribution in [1.82, 2.24) is 0 Å². The van der Waals surface area contributed by atoms with Gasteiger partial charge < -0.3 is 9.16 Å². The van der Waals surface area contributed by atoms with Crippen LogP contribution >= 0.6 is 34.8 Å². The number of alkyl halides is 1. The van der Waals surface area contributed by atoms with E-state index in [1.807, 2.05) is 13.1 Å². The first-order valence-corrected chi connectivity index (χ1v) is 9.60. The van der Waals surface area contributed by atoms with E-state index < -0.39 is 14.3 Å². The number of hydrogen-bond donors (Lipinski definition) is 0. The fraction of sp³-hybridized carbons (Fsp3) is 0.364. The number of halogens is 3. The smallest absolute Gasteiger partial charge is 0.330 e. The van der Waals surface area contributed by atoms with E-state index in [0.29, 0.717) is 21.3 Å². The van der Waals surface area contributed by atoms with Crippen molar-refractivity contribution in [2.45, 2.75) is 13.1 Å². The number of rotatable bonds is 5. The zero-order valence-corrected chi connectivity index (χ0v) is 13.3. The van der Waals surface area contributed by atoms with Crippen LogP contribution < -0.4 is 4.74 Å². The van der Waals surface area contributed by atoms with Gasteiger partial charge in [0.25, 0.3) is 8.32 Å². The molecular formula is C11H13Cl3O3Si. The first-order chi connectivity index (χ1) is 8.34. The highest BCUT2D eigenvalue weighted by atomic mass is 35.5. The molecule has 0 aliphatic heterocycles. The van der Waals surface area contributed by atoms with Gasteiger partial charge in [-0.1, -0.05) is 23.2 Å². The van der Waals surface area contributed by atoms with E-state index in [2.05, 4.69) is 0 Å². The van der Waals surface area contributed by atoms with Crippen molar-refractivity contribution < 1.29 is 14.0 Å². The van der Waals surface area contributed by atoms with Gasteiger partial charge in [-0.3, -0.25) is 0 Å². The quantitative estimate of drug-likeness (QED) is 0.608. The van der Waals surface area contributed by atoms with Crippen molar-refractivity contribution in [3.8, 4) is 5.75 Å². The molecule has 0 aromatic heterocycles. The zero-order valence-electron chi connectivity index (χ0n) is 10.0. The summed E-state index contributed by atoms with van der Waals surface area (Å²) in [6.07, 6.45) is 0. The van der Waals surface area contributed by atoms with E-state index in [1.54, 1.807) is 18.2 Å². The second-order valence-electron chi connectivity index (χ2n) is 4.23. The Kier molecular flexibility index (Phi) is 5.78. The Balaban J connectivity index is 2.53. The molecule has 0 bridgehead atoms. The number of carbonyl (C=O) groups excluding carboxylic acids is 1. The Morgan fingerprint density at radius 3 is 2.56 bits per heavy atom. The normalized spacial score (nSPS) is 11.2. The lowest BCUT2D eigenvalue weighted by molar-refractivity contribution is -0.137. The van der Waals surface area contributed by atoms with Crippen molar-refractivity contribution in [3.05, 3.63) is 28.2 Å². The number of carbonyl (C=O) groups is 1. The lowest BCUT2D eigenvalue weighted by Crippen LogP contribution is -2.37. The minimum atomic E-state index is -2.12. The third kappa shape index (κ3) is 5.06. The molecule has 0 spiro atoms. The Morgan fingerprint density at radius 2 is 2.00 bits per heavy atom. The van der Waals surface area contributed by atoms with Gasteiger partial charge in [-0.15, -0.1) is 11.6 Å². The van der Waals surface area contributed by atoms with Crippen LogP contribution in [0, 0.1) is 0 Å². The molecule has 0 amide bonds. The molecule has 0 unspecified atom stereocenters. The maximum absolute atomic E-state index is 11.5. The second-order valence-corrected chi connectivity index (χ2v) is 9.87. The van der Waals surface area contributed by atoms with Gasteiger partial charge in [0.05, 0.1) is 10.5 Å². The summed E-state index contributed by atoms with van der Waals surface area (Å²) < 4.78 is 10.5. The molecule has 0 aliphatic rings. The average molecular weight is 328 g/mol. The fourth-order valence-electron chi connectivity index (χ4n) is 1.09. The highest BCUT2D eigenvalue weighted by Crippen LogP contribution is 2.27. The summed E-state index contributed by atoms with van der Waals surface area (Å²) in [5.74, 6) is -0.0540. The molecule has 0 fully saturated rings. The molecule has 7 heteroatoms. The van der Waals surface area contributed by atoms with Gasteiger partial charge in [0.1, 0.15) is 5.75 Å². The molecule has 1 aromatic rings. The molecule has 0 heterocycles. The molecule has 3 nitrogen and oxygen atoms in total. The Morgan fingerprint density at radius 1 is 1.33 bits per heavy atom. The summed E-state index contributed by atoms with van der Waals surface area (Å²) in [6, 6.07) is 4.77. The van der Waals surface area contributed by atoms with Gasteiger partial charge in [0.15, 0.2) is 6.61 Å². The van der Waals surface area contributed by atoms with E-state index in [-0.39, 0.29) is 6.61 Å². The number of benzene rings is 1. The molecule has 0 N–H and O–H groups in total. The van der Waals surface area contributed by atoms with Gasteiger partial charge in [-0.2, -0.15) is 0 Å². The lowest BCUT2D eigenvalue weighted by atomic mass is 10.3. The lowest BCUT2D eigenvalue weighted by Gasteiger charge is -2.19. The highest BCUT2D eigenvalue weighted by Gasteiger charge is 2.26. The SMILES string of the molecule is C[Si](C)(CCl)OC(=O)COc1ccc(Cl)cc1Cl. The Hall–Kier alpha value is -0.423. The van der Waals surface area contributed by atoms with Crippen molar-refractivity contribution in [2.75, 3.05) is 12.1 Å². The Bertz CT molecular complexity index is 438. The predicted octanol–water partition coefficient (Wildman–Crippen LogP) is 3.90. The molecule has 0 aliphatic carbocycles. The van der Waals surface area contributed by atoms with Crippen molar-refractivity contribution in [1.29, 1.82) is 0 Å². The van der Waals surface area contributed by atoms with Crippen LogP contribution in [0.1, 0.15) is 0 Å². The van der Waals surface area contributed by atoms with E-state index in [4.69, 9.17) is 44.0 Å². The topological polar surface area (TPSA) is 35.5 Å². The third-order valence-corrected chi connectivity index (χ3v) is 5.84. The molecule has 1 aromatic carbocycles. The van der Waals surface area contributed by atoms with E-state index in [9.17, 15) is 4.79 Å². The summed E-state index contributed by atoms with van der Waals surface area (Å²) in [5.41, 5.74) is 0.348. The van der Waals surface area contributed by atoms with Crippen LogP contribution in [-0.2, 0) is 9.22 Å². The monoisotopic (exact) mass is 326 g/mol. The van der Waals surface area contributed by atoms with Gasteiger partial charge in [0.2, 0.25) is 0 Å². The molecule has 0 atom stereocenters. The van der Waals surface area contributed by atoms with Gasteiger partial charge in [-0.25, -0.2) is 4.79 Å². The third-order valence-electron chi connectivity index (χ3n) is 1.95. The highest BCUT2D eigenvalue weighted by molar-refractivity contribution is 6.78. The van der Waals surface area contributed by atoms with Gasteiger partial charge in [-0.05, 0) is 31.3 Å². The van der Waals surface area contributed by atoms with Gasteiger partial charge in [0, 0.05) is 5.02 Å². The summed E-state index contributed by atoms with van der Waals surface area (Å²) >= 11 is 17.3. The average Bonchev–Trinajstić information content (AvgIpc) is 2.27. The first-order valence-electron chi connectivity index (χ1n) is 5.20. The van der Waals surface area contributed by atoms with Gasteiger partial charge >= 0.3 is 5.97 Å². The van der Waals surface area contributed by atoms with Crippen molar-refractivity contribution in [2.24, 2.45) is 0 Å². The van der Waals surface area contributed by atoms with Crippen LogP contribution in [0.25, 0.3) is 0 Å². The minimum absolute atomic E-state index is 0.200. The van der Waals surface area contributed by atoms with Crippen LogP contribution in [0.4, 0.5) is 0 Å². The standard InChI is InChI=1S/C11H13Cl3O3Si/c1-18(2,7-12)17-11(15)6-16-10-4-3-8(13)5-9(10)14/h3-5H,6-7H2,1-2H3. The minimum Gasteiger partial charge on any atom is -0.516 e. The summed E-state index contributed by atoms with van der Waals surface area (Å²) in [5, 5.41) is 0.856. The zero-order chi connectivity index (χ0) is 13.8. The molecule has 18 heavy (non-hydrogen) atoms. The predicted molar refractivity (Wildman–Crippen MR) is 76.3 cm³/mol. The number of hydrogen-bond acceptors (Lipinski definition) is 3. The molecule has 100 valence electrons. The van der Waals surface area contributed by atoms with Crippen LogP contribution in [0.3, 0.4) is 0 Å². The molecule has 0 saturated carbocycles. The second kappa shape index (κ2) is 6.66. The van der Waals surface area contributed by atoms with Crippen LogP contribution in [0.5, 0.6) is 5.75 Å². The maximum Gasteiger partial charge on any atom is 0.330 e. The molecule has 0 saturated heterocycles.